The molecular weight excluding hydrogens is 407 g/mol. The van der Waals surface area contributed by atoms with E-state index in [1.54, 1.807) is 0 Å². The van der Waals surface area contributed by atoms with Gasteiger partial charge in [0, 0.05) is 3.57 Å². The van der Waals surface area contributed by atoms with Crippen molar-refractivity contribution in [3.8, 4) is 0 Å². The van der Waals surface area contributed by atoms with E-state index in [0.29, 0.717) is 0 Å². The third-order valence-corrected chi connectivity index (χ3v) is 6.64. The first-order chi connectivity index (χ1) is 11.2. The number of allylic oxidation sites excluding steroid dienone is 3. The van der Waals surface area contributed by atoms with Crippen LogP contribution in [0.5, 0.6) is 0 Å². The van der Waals surface area contributed by atoms with E-state index in [9.17, 15) is 0 Å². The molecule has 0 aliphatic carbocycles. The Morgan fingerprint density at radius 2 is 1.39 bits per heavy atom. The number of rotatable bonds is 8. The molecule has 118 valence electrons. The van der Waals surface area contributed by atoms with E-state index in [-0.39, 0.29) is 0 Å². The van der Waals surface area contributed by atoms with Gasteiger partial charge in [0.25, 0.3) is 0 Å². The van der Waals surface area contributed by atoms with Crippen molar-refractivity contribution in [1.82, 2.24) is 0 Å². The van der Waals surface area contributed by atoms with E-state index in [4.69, 9.17) is 0 Å². The lowest BCUT2D eigenvalue weighted by Gasteiger charge is -2.17. The van der Waals surface area contributed by atoms with E-state index in [1.807, 2.05) is 18.2 Å². The van der Waals surface area contributed by atoms with Crippen LogP contribution in [-0.2, 0) is 19.3 Å². The summed E-state index contributed by atoms with van der Waals surface area (Å²) in [6.07, 6.45) is 8.77. The Balaban J connectivity index is 2.46. The molecule has 0 unspecified atom stereocenters. The average molecular weight is 430 g/mol. The predicted molar refractivity (Wildman–Crippen MR) is 115 cm³/mol. The maximum Gasteiger partial charge on any atom is 0.0879 e. The molecule has 0 atom stereocenters. The number of halogens is 1. The van der Waals surface area contributed by atoms with Gasteiger partial charge < -0.3 is 0 Å². The summed E-state index contributed by atoms with van der Waals surface area (Å²) in [5.41, 5.74) is 4.26. The van der Waals surface area contributed by atoms with Crippen LogP contribution in [0.25, 0.3) is 0 Å². The van der Waals surface area contributed by atoms with Crippen LogP contribution in [0.15, 0.2) is 74.4 Å². The first-order valence-electron chi connectivity index (χ1n) is 7.89. The van der Waals surface area contributed by atoms with Gasteiger partial charge in [-0.25, -0.2) is 0 Å². The topological polar surface area (TPSA) is 0 Å². The van der Waals surface area contributed by atoms with Crippen LogP contribution < -0.4 is 10.4 Å². The fourth-order valence-corrected chi connectivity index (χ4v) is 5.00. The molecule has 23 heavy (non-hydrogen) atoms. The standard InChI is InChI=1S/C21H23ISi/c1-4-7-16-10-15-21(20(9-6-3)19(16)8-5-2)23-18-13-11-17(22)12-14-18/h4-6,10-15H,1-3,7-9,23H2. The molecular formula is C21H23ISi. The molecule has 0 saturated carbocycles. The summed E-state index contributed by atoms with van der Waals surface area (Å²) >= 11 is 2.36. The molecule has 0 aromatic heterocycles. The Labute approximate surface area is 156 Å². The van der Waals surface area contributed by atoms with Gasteiger partial charge in [0.2, 0.25) is 0 Å². The van der Waals surface area contributed by atoms with Gasteiger partial charge in [0.05, 0.1) is 9.52 Å². The molecule has 0 saturated heterocycles. The maximum absolute atomic E-state index is 3.96. The molecule has 0 N–H and O–H groups in total. The highest BCUT2D eigenvalue weighted by atomic mass is 127. The van der Waals surface area contributed by atoms with Crippen LogP contribution in [-0.4, -0.2) is 9.52 Å². The normalized spacial score (nSPS) is 10.8. The van der Waals surface area contributed by atoms with Gasteiger partial charge >= 0.3 is 0 Å². The molecule has 0 amide bonds. The first-order valence-corrected chi connectivity index (χ1v) is 10.4. The van der Waals surface area contributed by atoms with E-state index in [2.05, 4.69) is 78.7 Å². The van der Waals surface area contributed by atoms with Crippen LogP contribution in [0, 0.1) is 3.57 Å². The van der Waals surface area contributed by atoms with Gasteiger partial charge in [-0.15, -0.1) is 19.7 Å². The summed E-state index contributed by atoms with van der Waals surface area (Å²) < 4.78 is 1.29. The second kappa shape index (κ2) is 9.04. The molecule has 2 aromatic carbocycles. The largest absolute Gasteiger partial charge is 0.103 e. The summed E-state index contributed by atoms with van der Waals surface area (Å²) in [7, 11) is -0.479. The van der Waals surface area contributed by atoms with Crippen molar-refractivity contribution in [3.63, 3.8) is 0 Å². The molecule has 2 rings (SSSR count). The van der Waals surface area contributed by atoms with Crippen LogP contribution in [0.2, 0.25) is 0 Å². The smallest absolute Gasteiger partial charge is 0.0879 e. The molecule has 0 nitrogen and oxygen atoms in total. The molecule has 0 aliphatic heterocycles. The van der Waals surface area contributed by atoms with Crippen LogP contribution in [0.3, 0.4) is 0 Å². The van der Waals surface area contributed by atoms with Gasteiger partial charge in [0.15, 0.2) is 0 Å². The Kier molecular flexibility index (Phi) is 7.05. The molecule has 0 spiro atoms. The Hall–Kier alpha value is -1.39. The van der Waals surface area contributed by atoms with Crippen LogP contribution in [0.4, 0.5) is 0 Å². The van der Waals surface area contributed by atoms with Gasteiger partial charge in [-0.3, -0.25) is 0 Å². The van der Waals surface area contributed by atoms with E-state index >= 15 is 0 Å². The number of hydrogen-bond donors (Lipinski definition) is 0. The molecule has 0 heterocycles. The summed E-state index contributed by atoms with van der Waals surface area (Å²) in [4.78, 5) is 0. The minimum absolute atomic E-state index is 0.479. The molecule has 2 heteroatoms. The maximum atomic E-state index is 3.96. The monoisotopic (exact) mass is 430 g/mol. The lowest BCUT2D eigenvalue weighted by Crippen LogP contribution is -2.31. The van der Waals surface area contributed by atoms with Crippen molar-refractivity contribution in [2.75, 3.05) is 0 Å². The van der Waals surface area contributed by atoms with E-state index in [0.717, 1.165) is 19.3 Å². The molecule has 0 bridgehead atoms. The van der Waals surface area contributed by atoms with Gasteiger partial charge in [-0.1, -0.05) is 52.9 Å². The second-order valence-electron chi connectivity index (χ2n) is 5.62. The molecule has 0 radical (unpaired) electrons. The quantitative estimate of drug-likeness (QED) is 0.341. The fraction of sp³-hybridized carbons (Fsp3) is 0.143. The zero-order valence-electron chi connectivity index (χ0n) is 13.5. The molecule has 0 fully saturated rings. The van der Waals surface area contributed by atoms with E-state index < -0.39 is 9.52 Å². The third-order valence-electron chi connectivity index (χ3n) is 3.99. The van der Waals surface area contributed by atoms with Crippen LogP contribution in [0.1, 0.15) is 16.7 Å². The van der Waals surface area contributed by atoms with Crippen molar-refractivity contribution >= 4 is 42.5 Å². The average Bonchev–Trinajstić information content (AvgIpc) is 2.55. The van der Waals surface area contributed by atoms with Crippen molar-refractivity contribution in [3.05, 3.63) is 94.6 Å². The summed E-state index contributed by atoms with van der Waals surface area (Å²) in [5, 5.41) is 3.01. The number of benzene rings is 2. The summed E-state index contributed by atoms with van der Waals surface area (Å²) in [6.45, 7) is 11.8. The van der Waals surface area contributed by atoms with Gasteiger partial charge in [-0.05, 0) is 70.7 Å². The van der Waals surface area contributed by atoms with Crippen molar-refractivity contribution in [2.24, 2.45) is 0 Å². The SMILES string of the molecule is C=CCc1ccc([SiH2]c2ccc(I)cc2)c(CC=C)c1CC=C. The lowest BCUT2D eigenvalue weighted by atomic mass is 9.94. The van der Waals surface area contributed by atoms with Gasteiger partial charge in [0.1, 0.15) is 0 Å². The first kappa shape index (κ1) is 18.0. The molecule has 0 aliphatic rings. The summed E-state index contributed by atoms with van der Waals surface area (Å²) in [5.74, 6) is 0. The fourth-order valence-electron chi connectivity index (χ4n) is 2.92. The number of hydrogen-bond acceptors (Lipinski definition) is 0. The van der Waals surface area contributed by atoms with Crippen LogP contribution >= 0.6 is 22.6 Å². The predicted octanol–water partition coefficient (Wildman–Crippen LogP) is 3.60. The Morgan fingerprint density at radius 1 is 0.783 bits per heavy atom. The second-order valence-corrected chi connectivity index (χ2v) is 8.80. The van der Waals surface area contributed by atoms with Crippen molar-refractivity contribution in [1.29, 1.82) is 0 Å². The molecule has 2 aromatic rings. The van der Waals surface area contributed by atoms with Gasteiger partial charge in [-0.2, -0.15) is 0 Å². The zero-order chi connectivity index (χ0) is 16.7. The Morgan fingerprint density at radius 3 is 2.00 bits per heavy atom. The minimum atomic E-state index is -0.479. The minimum Gasteiger partial charge on any atom is -0.103 e. The Bertz CT molecular complexity index is 699. The van der Waals surface area contributed by atoms with E-state index in [1.165, 1.54) is 30.6 Å². The summed E-state index contributed by atoms with van der Waals surface area (Å²) in [6, 6.07) is 13.6. The highest BCUT2D eigenvalue weighted by Gasteiger charge is 2.12. The lowest BCUT2D eigenvalue weighted by molar-refractivity contribution is 1.10. The highest BCUT2D eigenvalue weighted by Crippen LogP contribution is 2.17. The zero-order valence-corrected chi connectivity index (χ0v) is 17.1. The third kappa shape index (κ3) is 4.79. The highest BCUT2D eigenvalue weighted by molar-refractivity contribution is 14.1. The van der Waals surface area contributed by atoms with Crippen molar-refractivity contribution in [2.45, 2.75) is 19.3 Å². The van der Waals surface area contributed by atoms with Crippen molar-refractivity contribution < 1.29 is 0 Å².